The van der Waals surface area contributed by atoms with Crippen molar-refractivity contribution in [3.8, 4) is 0 Å². The SMILES string of the molecule is CCC[C@H]1CC[C@H](C2CCC(CCCCCC(=O)O)CC2)CC1. The third-order valence-electron chi connectivity index (χ3n) is 6.65. The lowest BCUT2D eigenvalue weighted by Gasteiger charge is -2.38. The minimum absolute atomic E-state index is 0.355. The van der Waals surface area contributed by atoms with Crippen molar-refractivity contribution in [3.05, 3.63) is 0 Å². The first-order chi connectivity index (χ1) is 11.2. The molecule has 0 aromatic heterocycles. The fourth-order valence-electron chi connectivity index (χ4n) is 5.19. The van der Waals surface area contributed by atoms with Gasteiger partial charge in [-0.1, -0.05) is 64.7 Å². The first kappa shape index (κ1) is 18.8. The van der Waals surface area contributed by atoms with Gasteiger partial charge in [0.15, 0.2) is 0 Å². The van der Waals surface area contributed by atoms with E-state index < -0.39 is 5.97 Å². The second-order valence-corrected chi connectivity index (χ2v) is 8.34. The molecule has 0 spiro atoms. The topological polar surface area (TPSA) is 37.3 Å². The summed E-state index contributed by atoms with van der Waals surface area (Å²) in [4.78, 5) is 10.5. The summed E-state index contributed by atoms with van der Waals surface area (Å²) in [5.41, 5.74) is 0. The average molecular weight is 323 g/mol. The zero-order chi connectivity index (χ0) is 16.5. The fraction of sp³-hybridized carbons (Fsp3) is 0.952. The van der Waals surface area contributed by atoms with E-state index in [1.54, 1.807) is 0 Å². The van der Waals surface area contributed by atoms with Crippen LogP contribution in [0, 0.1) is 23.7 Å². The van der Waals surface area contributed by atoms with Gasteiger partial charge in [-0.3, -0.25) is 4.79 Å². The molecule has 2 nitrogen and oxygen atoms in total. The maximum Gasteiger partial charge on any atom is 0.303 e. The van der Waals surface area contributed by atoms with Gasteiger partial charge in [0.1, 0.15) is 0 Å². The van der Waals surface area contributed by atoms with Gasteiger partial charge < -0.3 is 5.11 Å². The second-order valence-electron chi connectivity index (χ2n) is 8.34. The van der Waals surface area contributed by atoms with Gasteiger partial charge in [-0.25, -0.2) is 0 Å². The van der Waals surface area contributed by atoms with Crippen LogP contribution in [0.2, 0.25) is 0 Å². The molecule has 2 heteroatoms. The lowest BCUT2D eigenvalue weighted by Crippen LogP contribution is -2.25. The van der Waals surface area contributed by atoms with Gasteiger partial charge in [-0.15, -0.1) is 0 Å². The summed E-state index contributed by atoms with van der Waals surface area (Å²) in [5.74, 6) is 3.41. The summed E-state index contributed by atoms with van der Waals surface area (Å²) >= 11 is 0. The molecule has 0 aromatic rings. The zero-order valence-electron chi connectivity index (χ0n) is 15.3. The van der Waals surface area contributed by atoms with E-state index in [9.17, 15) is 4.79 Å². The molecule has 134 valence electrons. The van der Waals surface area contributed by atoms with E-state index in [1.165, 1.54) is 77.0 Å². The van der Waals surface area contributed by atoms with Gasteiger partial charge in [0.25, 0.3) is 0 Å². The molecule has 2 saturated carbocycles. The highest BCUT2D eigenvalue weighted by Gasteiger charge is 2.30. The van der Waals surface area contributed by atoms with E-state index in [0.717, 1.165) is 36.5 Å². The van der Waals surface area contributed by atoms with Crippen LogP contribution in [-0.4, -0.2) is 11.1 Å². The van der Waals surface area contributed by atoms with Gasteiger partial charge in [-0.2, -0.15) is 0 Å². The average Bonchev–Trinajstić information content (AvgIpc) is 2.56. The van der Waals surface area contributed by atoms with Gasteiger partial charge in [0.05, 0.1) is 0 Å². The highest BCUT2D eigenvalue weighted by atomic mass is 16.4. The van der Waals surface area contributed by atoms with Crippen LogP contribution >= 0.6 is 0 Å². The van der Waals surface area contributed by atoms with Gasteiger partial charge >= 0.3 is 5.97 Å². The Hall–Kier alpha value is -0.530. The maximum atomic E-state index is 10.5. The Balaban J connectivity index is 1.55. The van der Waals surface area contributed by atoms with E-state index in [4.69, 9.17) is 5.11 Å². The minimum Gasteiger partial charge on any atom is -0.481 e. The first-order valence-electron chi connectivity index (χ1n) is 10.4. The second kappa shape index (κ2) is 10.4. The van der Waals surface area contributed by atoms with Crippen LogP contribution in [0.4, 0.5) is 0 Å². The Bertz CT molecular complexity index is 323. The third kappa shape index (κ3) is 6.85. The Morgan fingerprint density at radius 2 is 1.30 bits per heavy atom. The summed E-state index contributed by atoms with van der Waals surface area (Å²) in [6.07, 6.45) is 19.6. The fourth-order valence-corrected chi connectivity index (χ4v) is 5.19. The summed E-state index contributed by atoms with van der Waals surface area (Å²) in [7, 11) is 0. The molecule has 2 fully saturated rings. The molecule has 0 saturated heterocycles. The maximum absolute atomic E-state index is 10.5. The third-order valence-corrected chi connectivity index (χ3v) is 6.65. The number of hydrogen-bond donors (Lipinski definition) is 1. The molecule has 0 bridgehead atoms. The molecule has 0 aromatic carbocycles. The number of hydrogen-bond acceptors (Lipinski definition) is 1. The largest absolute Gasteiger partial charge is 0.481 e. The van der Waals surface area contributed by atoms with Crippen LogP contribution in [0.1, 0.15) is 103 Å². The Morgan fingerprint density at radius 1 is 0.783 bits per heavy atom. The highest BCUT2D eigenvalue weighted by molar-refractivity contribution is 5.66. The number of aliphatic carboxylic acids is 1. The molecule has 0 atom stereocenters. The van der Waals surface area contributed by atoms with Crippen molar-refractivity contribution in [1.29, 1.82) is 0 Å². The van der Waals surface area contributed by atoms with Gasteiger partial charge in [-0.05, 0) is 55.8 Å². The van der Waals surface area contributed by atoms with Gasteiger partial charge in [0.2, 0.25) is 0 Å². The number of rotatable bonds is 9. The number of carboxylic acid groups (broad SMARTS) is 1. The summed E-state index contributed by atoms with van der Waals surface area (Å²) in [6, 6.07) is 0. The molecular formula is C21H38O2. The summed E-state index contributed by atoms with van der Waals surface area (Å²) in [6.45, 7) is 2.33. The molecule has 0 aliphatic heterocycles. The summed E-state index contributed by atoms with van der Waals surface area (Å²) in [5, 5.41) is 8.66. The van der Waals surface area contributed by atoms with E-state index in [1.807, 2.05) is 0 Å². The quantitative estimate of drug-likeness (QED) is 0.496. The van der Waals surface area contributed by atoms with Crippen molar-refractivity contribution < 1.29 is 9.90 Å². The normalized spacial score (nSPS) is 31.9. The Morgan fingerprint density at radius 3 is 1.78 bits per heavy atom. The number of carbonyl (C=O) groups is 1. The monoisotopic (exact) mass is 322 g/mol. The molecule has 0 heterocycles. The van der Waals surface area contributed by atoms with Crippen molar-refractivity contribution >= 4 is 5.97 Å². The molecule has 0 unspecified atom stereocenters. The number of unbranched alkanes of at least 4 members (excludes halogenated alkanes) is 2. The predicted molar refractivity (Wildman–Crippen MR) is 96.5 cm³/mol. The minimum atomic E-state index is -0.640. The smallest absolute Gasteiger partial charge is 0.303 e. The zero-order valence-corrected chi connectivity index (χ0v) is 15.3. The van der Waals surface area contributed by atoms with Crippen molar-refractivity contribution in [2.45, 2.75) is 103 Å². The van der Waals surface area contributed by atoms with Crippen molar-refractivity contribution in [3.63, 3.8) is 0 Å². The van der Waals surface area contributed by atoms with Crippen molar-refractivity contribution in [2.24, 2.45) is 23.7 Å². The van der Waals surface area contributed by atoms with Crippen molar-refractivity contribution in [1.82, 2.24) is 0 Å². The molecule has 1 N–H and O–H groups in total. The van der Waals surface area contributed by atoms with E-state index in [2.05, 4.69) is 6.92 Å². The van der Waals surface area contributed by atoms with Crippen LogP contribution in [0.25, 0.3) is 0 Å². The van der Waals surface area contributed by atoms with Crippen LogP contribution in [0.3, 0.4) is 0 Å². The van der Waals surface area contributed by atoms with Crippen LogP contribution < -0.4 is 0 Å². The van der Waals surface area contributed by atoms with Crippen LogP contribution in [-0.2, 0) is 4.79 Å². The predicted octanol–water partition coefficient (Wildman–Crippen LogP) is 6.43. The molecular weight excluding hydrogens is 284 g/mol. The number of carboxylic acids is 1. The Kier molecular flexibility index (Phi) is 8.47. The molecule has 23 heavy (non-hydrogen) atoms. The first-order valence-corrected chi connectivity index (χ1v) is 10.4. The highest BCUT2D eigenvalue weighted by Crippen LogP contribution is 2.43. The molecule has 2 aliphatic rings. The van der Waals surface area contributed by atoms with E-state index in [-0.39, 0.29) is 0 Å². The molecule has 0 radical (unpaired) electrons. The lowest BCUT2D eigenvalue weighted by molar-refractivity contribution is -0.137. The van der Waals surface area contributed by atoms with Gasteiger partial charge in [0, 0.05) is 6.42 Å². The Labute approximate surface area is 143 Å². The molecule has 0 amide bonds. The van der Waals surface area contributed by atoms with Crippen LogP contribution in [0.15, 0.2) is 0 Å². The molecule has 2 aliphatic carbocycles. The summed E-state index contributed by atoms with van der Waals surface area (Å²) < 4.78 is 0. The van der Waals surface area contributed by atoms with E-state index in [0.29, 0.717) is 6.42 Å². The lowest BCUT2D eigenvalue weighted by atomic mass is 9.68. The molecule has 2 rings (SSSR count). The van der Waals surface area contributed by atoms with E-state index >= 15 is 0 Å². The standard InChI is InChI=1S/C21H38O2/c1-2-6-17-9-13-19(14-10-17)20-15-11-18(12-16-20)7-4-3-5-8-21(22)23/h17-20H,2-16H2,1H3,(H,22,23)/t17-,18?,19-,20?. The van der Waals surface area contributed by atoms with Crippen molar-refractivity contribution in [2.75, 3.05) is 0 Å². The van der Waals surface area contributed by atoms with Crippen LogP contribution in [0.5, 0.6) is 0 Å².